The molecule has 0 atom stereocenters. The van der Waals surface area contributed by atoms with Crippen LogP contribution >= 0.6 is 0 Å². The zero-order valence-electron chi connectivity index (χ0n) is 5.34. The van der Waals surface area contributed by atoms with Gasteiger partial charge in [0, 0.05) is 0 Å². The first-order valence-corrected chi connectivity index (χ1v) is 5.43. The minimum absolute atomic E-state index is 1.82. The molecule has 9 heteroatoms. The third-order valence-corrected chi connectivity index (χ3v) is 0.183. The second-order valence-electron chi connectivity index (χ2n) is 1.24. The summed E-state index contributed by atoms with van der Waals surface area (Å²) in [7, 11) is 0. The number of nitrogens with two attached hydrogens (primary N) is 4. The Morgan fingerprint density at radius 2 is 1.00 bits per heavy atom. The van der Waals surface area contributed by atoms with Crippen molar-refractivity contribution in [1.82, 2.24) is 0 Å². The third-order valence-electron chi connectivity index (χ3n) is 0.183. The van der Waals surface area contributed by atoms with Gasteiger partial charge in [0.2, 0.25) is 0 Å². The number of hydrogen-bond acceptors (Lipinski definition) is 6. The number of rotatable bonds is 0. The molecular weight excluding hydrogens is 250 g/mol. The van der Waals surface area contributed by atoms with Gasteiger partial charge in [0.05, 0.1) is 0 Å². The molecule has 0 radical (unpaired) electrons. The molecule has 0 aromatic rings. The Bertz CT molecular complexity index is 135. The van der Waals surface area contributed by atoms with E-state index < -0.39 is 28.5 Å². The number of carboxylic acid groups (broad SMARTS) is 2. The summed E-state index contributed by atoms with van der Waals surface area (Å²) in [5.74, 6) is -3.65. The van der Waals surface area contributed by atoms with E-state index in [0.29, 0.717) is 0 Å². The van der Waals surface area contributed by atoms with Crippen molar-refractivity contribution in [2.45, 2.75) is 0 Å². The van der Waals surface area contributed by atoms with E-state index in [1.54, 1.807) is 0 Å². The molecule has 0 rings (SSSR count). The fourth-order valence-corrected chi connectivity index (χ4v) is 0. The summed E-state index contributed by atoms with van der Waals surface area (Å²) in [4.78, 5) is 18.2. The average Bonchev–Trinajstić information content (AvgIpc) is 1.59. The van der Waals surface area contributed by atoms with Crippen molar-refractivity contribution in [2.24, 2.45) is 17.5 Å². The molecule has 0 saturated carbocycles. The van der Waals surface area contributed by atoms with Gasteiger partial charge in [-0.25, -0.2) is 9.59 Å². The summed E-state index contributed by atoms with van der Waals surface area (Å²) in [5, 5.41) is 14.8. The molecule has 11 heavy (non-hydrogen) atoms. The van der Waals surface area contributed by atoms with Crippen LogP contribution in [0.25, 0.3) is 0 Å². The molecule has 0 aromatic heterocycles. The summed E-state index contributed by atoms with van der Waals surface area (Å²) in [6.45, 7) is 0. The molecule has 72 valence electrons. The number of aliphatic carboxylic acids is 2. The van der Waals surface area contributed by atoms with Gasteiger partial charge in [-0.05, 0) is 0 Å². The maximum absolute atomic E-state index is 9.10. The van der Waals surface area contributed by atoms with E-state index >= 15 is 0 Å². The van der Waals surface area contributed by atoms with Crippen LogP contribution in [0.4, 0.5) is 0 Å². The van der Waals surface area contributed by atoms with Crippen LogP contribution in [0.2, 0.25) is 0 Å². The fourth-order valence-electron chi connectivity index (χ4n) is 0. The van der Waals surface area contributed by atoms with Crippen LogP contribution in [0.15, 0.2) is 0 Å². The van der Waals surface area contributed by atoms with E-state index in [9.17, 15) is 0 Å². The minimum atomic E-state index is -2.70. The summed E-state index contributed by atoms with van der Waals surface area (Å²) >= 11 is -2.70. The molecule has 0 unspecified atom stereocenters. The summed E-state index contributed by atoms with van der Waals surface area (Å²) in [6.07, 6.45) is 0. The molecule has 0 bridgehead atoms. The second-order valence-corrected chi connectivity index (χ2v) is 4.35. The van der Waals surface area contributed by atoms with Crippen molar-refractivity contribution in [3.05, 3.63) is 0 Å². The van der Waals surface area contributed by atoms with Gasteiger partial charge >= 0.3 is 45.9 Å². The van der Waals surface area contributed by atoms with E-state index in [4.69, 9.17) is 37.3 Å². The van der Waals surface area contributed by atoms with Crippen LogP contribution in [0, 0.1) is 0 Å². The van der Waals surface area contributed by atoms with Gasteiger partial charge in [0.25, 0.3) is 0 Å². The standard InChI is InChI=1S/C2H2O4.4H2N.Pd/c3-1(4)2(5)6;;;;;/h(H,3,4)(H,5,6);4*1H2;/q;4*-1;+4. The molecule has 0 saturated heterocycles. The predicted octanol–water partition coefficient (Wildman–Crippen LogP) is -3.21. The van der Waals surface area contributed by atoms with Gasteiger partial charge in [-0.15, -0.1) is 0 Å². The Hall–Kier alpha value is -0.558. The Morgan fingerprint density at radius 1 is 0.909 bits per heavy atom. The number of carboxylic acids is 2. The zero-order chi connectivity index (χ0) is 9.65. The summed E-state index contributed by atoms with van der Waals surface area (Å²) < 4.78 is 19.4. The van der Waals surface area contributed by atoms with Crippen molar-refractivity contribution in [2.75, 3.05) is 0 Å². The third kappa shape index (κ3) is 44.1. The normalized spacial score (nSPS) is 10.9. The first kappa shape index (κ1) is 13.1. The van der Waals surface area contributed by atoms with E-state index in [1.165, 1.54) is 0 Å². The second kappa shape index (κ2) is 5.14. The summed E-state index contributed by atoms with van der Waals surface area (Å²) in [5.41, 5.74) is 0. The SMILES string of the molecule is O=C(O)C(=O)O.[NH2][Pd]([NH2])([NH2])[NH2]. The van der Waals surface area contributed by atoms with E-state index in [0.717, 1.165) is 0 Å². The van der Waals surface area contributed by atoms with Gasteiger partial charge in [-0.3, -0.25) is 0 Å². The van der Waals surface area contributed by atoms with Gasteiger partial charge < -0.3 is 10.2 Å². The van der Waals surface area contributed by atoms with Crippen molar-refractivity contribution >= 4 is 11.9 Å². The molecule has 0 spiro atoms. The summed E-state index contributed by atoms with van der Waals surface area (Å²) in [6, 6.07) is 0. The van der Waals surface area contributed by atoms with E-state index in [2.05, 4.69) is 0 Å². The number of hydrogen-bond donors (Lipinski definition) is 6. The first-order chi connectivity index (χ1) is 4.64. The molecule has 8 nitrogen and oxygen atoms in total. The maximum atomic E-state index is 9.10. The van der Waals surface area contributed by atoms with Crippen molar-refractivity contribution in [1.29, 1.82) is 0 Å². The molecule has 10 N–H and O–H groups in total. The Balaban J connectivity index is 0. The van der Waals surface area contributed by atoms with Crippen molar-refractivity contribution in [3.8, 4) is 0 Å². The predicted molar refractivity (Wildman–Crippen MR) is 32.0 cm³/mol. The van der Waals surface area contributed by atoms with Crippen molar-refractivity contribution in [3.63, 3.8) is 0 Å². The van der Waals surface area contributed by atoms with Crippen LogP contribution in [-0.2, 0) is 26.1 Å². The Labute approximate surface area is 66.3 Å². The van der Waals surface area contributed by atoms with Crippen LogP contribution in [-0.4, -0.2) is 22.2 Å². The molecule has 0 amide bonds. The van der Waals surface area contributed by atoms with Crippen LogP contribution in [0.3, 0.4) is 0 Å². The van der Waals surface area contributed by atoms with Gasteiger partial charge in [-0.2, -0.15) is 0 Å². The molecule has 0 fully saturated rings. The average molecular weight is 261 g/mol. The van der Waals surface area contributed by atoms with Crippen LogP contribution < -0.4 is 17.5 Å². The molecule has 0 aliphatic carbocycles. The first-order valence-electron chi connectivity index (χ1n) is 1.84. The van der Waals surface area contributed by atoms with Gasteiger partial charge in [0.15, 0.2) is 0 Å². The van der Waals surface area contributed by atoms with Gasteiger partial charge in [0.1, 0.15) is 0 Å². The molecule has 0 aliphatic heterocycles. The quantitative estimate of drug-likeness (QED) is 0.194. The van der Waals surface area contributed by atoms with Gasteiger partial charge in [-0.1, -0.05) is 0 Å². The van der Waals surface area contributed by atoms with Crippen LogP contribution in [0.1, 0.15) is 0 Å². The van der Waals surface area contributed by atoms with Crippen molar-refractivity contribution < 1.29 is 36.3 Å². The molecule has 0 aliphatic rings. The molecule has 0 aromatic carbocycles. The molecular formula is C2H10N4O4Pd. The Morgan fingerprint density at radius 3 is 1.00 bits per heavy atom. The van der Waals surface area contributed by atoms with E-state index in [-0.39, 0.29) is 0 Å². The number of carbonyl (C=O) groups is 2. The molecule has 0 heterocycles. The topological polar surface area (TPSA) is 179 Å². The zero-order valence-corrected chi connectivity index (χ0v) is 6.89. The monoisotopic (exact) mass is 260 g/mol. The van der Waals surface area contributed by atoms with E-state index in [1.807, 2.05) is 0 Å². The Kier molecular flexibility index (Phi) is 6.10. The van der Waals surface area contributed by atoms with Crippen LogP contribution in [0.5, 0.6) is 0 Å². The fraction of sp³-hybridized carbons (Fsp3) is 0.